The molecule has 2 aromatic rings. The van der Waals surface area contributed by atoms with Crippen LogP contribution in [0.15, 0.2) is 53.4 Å². The van der Waals surface area contributed by atoms with Crippen molar-refractivity contribution < 1.29 is 9.84 Å². The molecule has 21 heavy (non-hydrogen) atoms. The summed E-state index contributed by atoms with van der Waals surface area (Å²) in [5, 5.41) is 12.3. The predicted molar refractivity (Wildman–Crippen MR) is 87.8 cm³/mol. The summed E-state index contributed by atoms with van der Waals surface area (Å²) in [7, 11) is 0. The summed E-state index contributed by atoms with van der Waals surface area (Å²) in [6.07, 6.45) is 2.08. The Kier molecular flexibility index (Phi) is 6.60. The van der Waals surface area contributed by atoms with Gasteiger partial charge in [-0.2, -0.15) is 0 Å². The molecular formula is C17H21NO2S. The van der Waals surface area contributed by atoms with Crippen molar-refractivity contribution in [2.24, 2.45) is 0 Å². The molecule has 0 aliphatic rings. The first-order valence-corrected chi connectivity index (χ1v) is 8.21. The molecule has 0 heterocycles. The van der Waals surface area contributed by atoms with E-state index in [1.54, 1.807) is 11.8 Å². The molecule has 0 radical (unpaired) electrons. The largest absolute Gasteiger partial charge is 0.491 e. The van der Waals surface area contributed by atoms with Gasteiger partial charge in [0.15, 0.2) is 0 Å². The third-order valence-electron chi connectivity index (χ3n) is 3.13. The number of benzene rings is 2. The van der Waals surface area contributed by atoms with Gasteiger partial charge in [0.25, 0.3) is 0 Å². The fraction of sp³-hybridized carbons (Fsp3) is 0.294. The van der Waals surface area contributed by atoms with Crippen LogP contribution in [0, 0.1) is 0 Å². The van der Waals surface area contributed by atoms with Gasteiger partial charge in [0.05, 0.1) is 6.61 Å². The molecule has 2 aromatic carbocycles. The summed E-state index contributed by atoms with van der Waals surface area (Å²) in [5.74, 6) is 0.830. The summed E-state index contributed by atoms with van der Waals surface area (Å²) < 4.78 is 5.53. The minimum Gasteiger partial charge on any atom is -0.491 e. The van der Waals surface area contributed by atoms with E-state index in [0.717, 1.165) is 24.4 Å². The molecule has 0 amide bonds. The van der Waals surface area contributed by atoms with Crippen LogP contribution in [0.4, 0.5) is 0 Å². The van der Waals surface area contributed by atoms with Crippen molar-refractivity contribution >= 4 is 11.8 Å². The highest BCUT2D eigenvalue weighted by atomic mass is 32.2. The van der Waals surface area contributed by atoms with Gasteiger partial charge in [0, 0.05) is 23.5 Å². The maximum Gasteiger partial charge on any atom is 0.123 e. The van der Waals surface area contributed by atoms with Gasteiger partial charge < -0.3 is 15.2 Å². The van der Waals surface area contributed by atoms with Gasteiger partial charge in [-0.1, -0.05) is 30.3 Å². The van der Waals surface area contributed by atoms with Gasteiger partial charge in [-0.25, -0.2) is 0 Å². The summed E-state index contributed by atoms with van der Waals surface area (Å²) in [4.78, 5) is 1.28. The lowest BCUT2D eigenvalue weighted by molar-refractivity contribution is 0.200. The zero-order chi connectivity index (χ0) is 14.9. The number of ether oxygens (including phenoxy) is 1. The van der Waals surface area contributed by atoms with Crippen LogP contribution in [0.5, 0.6) is 5.75 Å². The molecule has 2 N–H and O–H groups in total. The van der Waals surface area contributed by atoms with Crippen LogP contribution in [0.2, 0.25) is 0 Å². The van der Waals surface area contributed by atoms with Gasteiger partial charge >= 0.3 is 0 Å². The Morgan fingerprint density at radius 2 is 1.81 bits per heavy atom. The Morgan fingerprint density at radius 1 is 1.05 bits per heavy atom. The zero-order valence-electron chi connectivity index (χ0n) is 12.2. The quantitative estimate of drug-likeness (QED) is 0.736. The van der Waals surface area contributed by atoms with E-state index in [4.69, 9.17) is 9.84 Å². The molecule has 0 aromatic heterocycles. The van der Waals surface area contributed by atoms with Crippen LogP contribution < -0.4 is 10.1 Å². The van der Waals surface area contributed by atoms with Crippen molar-refractivity contribution in [3.63, 3.8) is 0 Å². The monoisotopic (exact) mass is 303 g/mol. The van der Waals surface area contributed by atoms with Crippen molar-refractivity contribution in [3.05, 3.63) is 59.7 Å². The lowest BCUT2D eigenvalue weighted by atomic mass is 10.2. The summed E-state index contributed by atoms with van der Waals surface area (Å²) in [6.45, 7) is 1.92. The second-order valence-electron chi connectivity index (χ2n) is 4.63. The van der Waals surface area contributed by atoms with E-state index in [1.165, 1.54) is 10.5 Å². The van der Waals surface area contributed by atoms with Crippen molar-refractivity contribution in [1.29, 1.82) is 0 Å². The van der Waals surface area contributed by atoms with E-state index >= 15 is 0 Å². The first kappa shape index (κ1) is 15.9. The first-order valence-electron chi connectivity index (χ1n) is 6.98. The highest BCUT2D eigenvalue weighted by Gasteiger charge is 2.02. The average molecular weight is 303 g/mol. The lowest BCUT2D eigenvalue weighted by Gasteiger charge is -2.11. The zero-order valence-corrected chi connectivity index (χ0v) is 13.0. The number of rotatable bonds is 8. The predicted octanol–water partition coefficient (Wildman–Crippen LogP) is 3.07. The number of nitrogens with one attached hydrogen (secondary N) is 1. The van der Waals surface area contributed by atoms with Crippen molar-refractivity contribution in [3.8, 4) is 5.75 Å². The Hall–Kier alpha value is -1.49. The molecular weight excluding hydrogens is 282 g/mol. The van der Waals surface area contributed by atoms with Crippen LogP contribution >= 0.6 is 11.8 Å². The maximum atomic E-state index is 8.84. The molecule has 0 saturated carbocycles. The molecule has 0 aliphatic heterocycles. The second-order valence-corrected chi connectivity index (χ2v) is 5.51. The minimum absolute atomic E-state index is 0.0313. The molecule has 3 nitrogen and oxygen atoms in total. The van der Waals surface area contributed by atoms with E-state index in [9.17, 15) is 0 Å². The molecule has 0 saturated heterocycles. The standard InChI is InChI=1S/C17H21NO2S/c1-21-16-8-6-14(7-9-16)12-18-13-15-4-2-3-5-17(15)20-11-10-19/h2-9,18-19H,10-13H2,1H3. The molecule has 0 atom stereocenters. The maximum absolute atomic E-state index is 8.84. The summed E-state index contributed by atoms with van der Waals surface area (Å²) in [5.41, 5.74) is 2.37. The fourth-order valence-corrected chi connectivity index (χ4v) is 2.44. The average Bonchev–Trinajstić information content (AvgIpc) is 2.54. The van der Waals surface area contributed by atoms with E-state index in [-0.39, 0.29) is 6.61 Å². The number of aliphatic hydroxyl groups excluding tert-OH is 1. The van der Waals surface area contributed by atoms with Gasteiger partial charge in [0.1, 0.15) is 12.4 Å². The molecule has 0 aliphatic carbocycles. The Balaban J connectivity index is 1.87. The van der Waals surface area contributed by atoms with Crippen LogP contribution in [0.3, 0.4) is 0 Å². The third-order valence-corrected chi connectivity index (χ3v) is 3.87. The first-order chi connectivity index (χ1) is 10.3. The summed E-state index contributed by atoms with van der Waals surface area (Å²) in [6, 6.07) is 16.5. The normalized spacial score (nSPS) is 10.6. The molecule has 4 heteroatoms. The number of thioether (sulfide) groups is 1. The molecule has 0 bridgehead atoms. The lowest BCUT2D eigenvalue weighted by Crippen LogP contribution is -2.14. The number of hydrogen-bond donors (Lipinski definition) is 2. The Bertz CT molecular complexity index is 543. The van der Waals surface area contributed by atoms with Crippen LogP contribution in [-0.4, -0.2) is 24.6 Å². The SMILES string of the molecule is CSc1ccc(CNCc2ccccc2OCCO)cc1. The highest BCUT2D eigenvalue weighted by Crippen LogP contribution is 2.18. The minimum atomic E-state index is 0.0313. The number of aliphatic hydroxyl groups is 1. The summed E-state index contributed by atoms with van der Waals surface area (Å²) >= 11 is 1.75. The smallest absolute Gasteiger partial charge is 0.123 e. The van der Waals surface area contributed by atoms with E-state index in [1.807, 2.05) is 24.3 Å². The van der Waals surface area contributed by atoms with E-state index < -0.39 is 0 Å². The molecule has 0 spiro atoms. The van der Waals surface area contributed by atoms with Crippen molar-refractivity contribution in [2.75, 3.05) is 19.5 Å². The van der Waals surface area contributed by atoms with Crippen LogP contribution in [0.1, 0.15) is 11.1 Å². The Morgan fingerprint density at radius 3 is 2.52 bits per heavy atom. The van der Waals surface area contributed by atoms with Gasteiger partial charge in [-0.15, -0.1) is 11.8 Å². The van der Waals surface area contributed by atoms with Crippen LogP contribution in [-0.2, 0) is 13.1 Å². The van der Waals surface area contributed by atoms with Crippen molar-refractivity contribution in [1.82, 2.24) is 5.32 Å². The van der Waals surface area contributed by atoms with Crippen LogP contribution in [0.25, 0.3) is 0 Å². The fourth-order valence-electron chi connectivity index (χ4n) is 2.03. The number of para-hydroxylation sites is 1. The van der Waals surface area contributed by atoms with E-state index in [2.05, 4.69) is 35.8 Å². The second kappa shape index (κ2) is 8.72. The van der Waals surface area contributed by atoms with E-state index in [0.29, 0.717) is 6.61 Å². The van der Waals surface area contributed by atoms with Gasteiger partial charge in [-0.05, 0) is 30.0 Å². The third kappa shape index (κ3) is 5.08. The molecule has 112 valence electrons. The topological polar surface area (TPSA) is 41.5 Å². The molecule has 0 fully saturated rings. The number of hydrogen-bond acceptors (Lipinski definition) is 4. The van der Waals surface area contributed by atoms with Crippen molar-refractivity contribution in [2.45, 2.75) is 18.0 Å². The molecule has 2 rings (SSSR count). The van der Waals surface area contributed by atoms with Gasteiger partial charge in [0.2, 0.25) is 0 Å². The molecule has 0 unspecified atom stereocenters. The van der Waals surface area contributed by atoms with Gasteiger partial charge in [-0.3, -0.25) is 0 Å². The Labute approximate surface area is 130 Å². The highest BCUT2D eigenvalue weighted by molar-refractivity contribution is 7.98.